The number of hydrogen-bond acceptors (Lipinski definition) is 4. The molecule has 2 heterocycles. The molecule has 1 saturated heterocycles. The third-order valence-corrected chi connectivity index (χ3v) is 3.80. The average molecular weight is 323 g/mol. The quantitative estimate of drug-likeness (QED) is 0.932. The maximum Gasteiger partial charge on any atom is 0.307 e. The number of likely N-dealkylation sites (tertiary alicyclic amines) is 1. The molecule has 7 heteroatoms. The number of rotatable bonds is 4. The molecule has 0 saturated carbocycles. The molecule has 1 atom stereocenters. The fraction of sp³-hybridized carbons (Fsp3) is 0.400. The van der Waals surface area contributed by atoms with Crippen LogP contribution in [0.5, 0.6) is 0 Å². The van der Waals surface area contributed by atoms with Crippen molar-refractivity contribution >= 4 is 18.4 Å². The number of nitrogens with zero attached hydrogens (tertiary/aromatic N) is 4. The van der Waals surface area contributed by atoms with Gasteiger partial charge in [-0.3, -0.25) is 9.69 Å². The van der Waals surface area contributed by atoms with Crippen molar-refractivity contribution < 1.29 is 9.90 Å². The van der Waals surface area contributed by atoms with Gasteiger partial charge in [0.05, 0.1) is 23.5 Å². The molecule has 0 amide bonds. The highest BCUT2D eigenvalue weighted by Gasteiger charge is 2.25. The predicted molar refractivity (Wildman–Crippen MR) is 84.2 cm³/mol. The third-order valence-electron chi connectivity index (χ3n) is 3.80. The van der Waals surface area contributed by atoms with Gasteiger partial charge >= 0.3 is 5.97 Å². The van der Waals surface area contributed by atoms with Gasteiger partial charge in [0.2, 0.25) is 0 Å². The lowest BCUT2D eigenvalue weighted by Crippen LogP contribution is -2.38. The van der Waals surface area contributed by atoms with E-state index in [1.54, 1.807) is 4.68 Å². The number of piperidine rings is 1. The second kappa shape index (κ2) is 7.38. The lowest BCUT2D eigenvalue weighted by atomic mass is 9.98. The summed E-state index contributed by atoms with van der Waals surface area (Å²) < 4.78 is 1.74. The molecule has 2 aromatic rings. The molecular formula is C15H19ClN4O2. The molecule has 22 heavy (non-hydrogen) atoms. The molecule has 1 aromatic heterocycles. The maximum absolute atomic E-state index is 11.1. The number of carboxylic acid groups (broad SMARTS) is 1. The second-order valence-corrected chi connectivity index (χ2v) is 5.40. The first-order chi connectivity index (χ1) is 10.2. The van der Waals surface area contributed by atoms with Crippen LogP contribution in [0.3, 0.4) is 0 Å². The first-order valence-electron chi connectivity index (χ1n) is 7.14. The second-order valence-electron chi connectivity index (χ2n) is 5.40. The van der Waals surface area contributed by atoms with Crippen molar-refractivity contribution in [1.29, 1.82) is 0 Å². The highest BCUT2D eigenvalue weighted by molar-refractivity contribution is 5.85. The Morgan fingerprint density at radius 3 is 2.82 bits per heavy atom. The zero-order valence-electron chi connectivity index (χ0n) is 12.1. The molecule has 0 radical (unpaired) electrons. The lowest BCUT2D eigenvalue weighted by Gasteiger charge is -2.29. The molecular weight excluding hydrogens is 304 g/mol. The van der Waals surface area contributed by atoms with E-state index in [2.05, 4.69) is 15.2 Å². The summed E-state index contributed by atoms with van der Waals surface area (Å²) in [4.78, 5) is 13.2. The number of halogens is 1. The van der Waals surface area contributed by atoms with Crippen molar-refractivity contribution in [2.24, 2.45) is 5.92 Å². The highest BCUT2D eigenvalue weighted by Crippen LogP contribution is 2.18. The van der Waals surface area contributed by atoms with Gasteiger partial charge in [-0.25, -0.2) is 4.68 Å². The van der Waals surface area contributed by atoms with Crippen LogP contribution in [0.4, 0.5) is 0 Å². The third kappa shape index (κ3) is 3.84. The van der Waals surface area contributed by atoms with Crippen LogP contribution in [-0.2, 0) is 11.3 Å². The molecule has 1 unspecified atom stereocenters. The number of aromatic nitrogens is 3. The minimum Gasteiger partial charge on any atom is -0.481 e. The monoisotopic (exact) mass is 322 g/mol. The van der Waals surface area contributed by atoms with Crippen LogP contribution in [0.2, 0.25) is 0 Å². The SMILES string of the molecule is Cl.O=C(O)C1CCCN(Cc2cn(-c3ccccc3)nn2)C1. The van der Waals surface area contributed by atoms with E-state index in [0.717, 1.165) is 30.8 Å². The number of para-hydroxylation sites is 1. The van der Waals surface area contributed by atoms with E-state index in [4.69, 9.17) is 5.11 Å². The fourth-order valence-electron chi connectivity index (χ4n) is 2.71. The van der Waals surface area contributed by atoms with Crippen LogP contribution in [0.25, 0.3) is 5.69 Å². The molecule has 3 rings (SSSR count). The van der Waals surface area contributed by atoms with Crippen LogP contribution in [-0.4, -0.2) is 44.1 Å². The summed E-state index contributed by atoms with van der Waals surface area (Å²) in [6, 6.07) is 9.82. The number of hydrogen-bond donors (Lipinski definition) is 1. The Hall–Kier alpha value is -1.92. The smallest absolute Gasteiger partial charge is 0.307 e. The van der Waals surface area contributed by atoms with Gasteiger partial charge in [-0.2, -0.15) is 0 Å². The summed E-state index contributed by atoms with van der Waals surface area (Å²) in [7, 11) is 0. The summed E-state index contributed by atoms with van der Waals surface area (Å²) in [5.41, 5.74) is 1.84. The zero-order chi connectivity index (χ0) is 14.7. The Morgan fingerprint density at radius 1 is 1.32 bits per heavy atom. The molecule has 1 N–H and O–H groups in total. The standard InChI is InChI=1S/C15H18N4O2.ClH/c20-15(21)12-5-4-8-18(9-12)10-13-11-19(17-16-13)14-6-2-1-3-7-14;/h1-3,6-7,11-12H,4-5,8-10H2,(H,20,21);1H. The van der Waals surface area contributed by atoms with E-state index in [1.165, 1.54) is 0 Å². The lowest BCUT2D eigenvalue weighted by molar-refractivity contribution is -0.143. The molecule has 1 aliphatic rings. The molecule has 0 bridgehead atoms. The van der Waals surface area contributed by atoms with E-state index in [0.29, 0.717) is 13.1 Å². The van der Waals surface area contributed by atoms with E-state index < -0.39 is 5.97 Å². The summed E-state index contributed by atoms with van der Waals surface area (Å²) in [5.74, 6) is -0.962. The van der Waals surface area contributed by atoms with E-state index >= 15 is 0 Å². The van der Waals surface area contributed by atoms with Gasteiger partial charge < -0.3 is 5.11 Å². The summed E-state index contributed by atoms with van der Waals surface area (Å²) in [6.07, 6.45) is 3.59. The van der Waals surface area contributed by atoms with Gasteiger partial charge in [0.25, 0.3) is 0 Å². The maximum atomic E-state index is 11.1. The molecule has 1 fully saturated rings. The van der Waals surface area contributed by atoms with Crippen molar-refractivity contribution in [3.8, 4) is 5.69 Å². The fourth-order valence-corrected chi connectivity index (χ4v) is 2.71. The Morgan fingerprint density at radius 2 is 2.09 bits per heavy atom. The summed E-state index contributed by atoms with van der Waals surface area (Å²) in [6.45, 7) is 2.16. The van der Waals surface area contributed by atoms with Gasteiger partial charge in [0.1, 0.15) is 0 Å². The van der Waals surface area contributed by atoms with E-state index in [9.17, 15) is 4.79 Å². The molecule has 0 spiro atoms. The van der Waals surface area contributed by atoms with Crippen LogP contribution in [0, 0.1) is 5.92 Å². The number of benzene rings is 1. The van der Waals surface area contributed by atoms with Crippen LogP contribution in [0.15, 0.2) is 36.5 Å². The molecule has 1 aromatic carbocycles. The zero-order valence-corrected chi connectivity index (χ0v) is 12.9. The molecule has 118 valence electrons. The van der Waals surface area contributed by atoms with Gasteiger partial charge in [0.15, 0.2) is 0 Å². The van der Waals surface area contributed by atoms with Crippen LogP contribution >= 0.6 is 12.4 Å². The normalized spacial score (nSPS) is 18.6. The molecule has 1 aliphatic heterocycles. The van der Waals surface area contributed by atoms with Gasteiger partial charge in [-0.15, -0.1) is 17.5 Å². The Balaban J connectivity index is 0.00000176. The topological polar surface area (TPSA) is 71.2 Å². The summed E-state index contributed by atoms with van der Waals surface area (Å²) in [5, 5.41) is 17.4. The number of aliphatic carboxylic acids is 1. The van der Waals surface area contributed by atoms with Gasteiger partial charge in [0, 0.05) is 13.1 Å². The van der Waals surface area contributed by atoms with Gasteiger partial charge in [-0.1, -0.05) is 23.4 Å². The summed E-state index contributed by atoms with van der Waals surface area (Å²) >= 11 is 0. The highest BCUT2D eigenvalue weighted by atomic mass is 35.5. The minimum atomic E-state index is -0.701. The first-order valence-corrected chi connectivity index (χ1v) is 7.14. The Kier molecular flexibility index (Phi) is 5.51. The van der Waals surface area contributed by atoms with Crippen molar-refractivity contribution in [3.05, 3.63) is 42.2 Å². The predicted octanol–water partition coefficient (Wildman–Crippen LogP) is 1.99. The van der Waals surface area contributed by atoms with Crippen molar-refractivity contribution in [2.75, 3.05) is 13.1 Å². The van der Waals surface area contributed by atoms with E-state index in [-0.39, 0.29) is 18.3 Å². The van der Waals surface area contributed by atoms with Crippen molar-refractivity contribution in [3.63, 3.8) is 0 Å². The largest absolute Gasteiger partial charge is 0.481 e. The van der Waals surface area contributed by atoms with Crippen LogP contribution in [0.1, 0.15) is 18.5 Å². The number of carbonyl (C=O) groups is 1. The molecule has 6 nitrogen and oxygen atoms in total. The Labute approximate surface area is 135 Å². The van der Waals surface area contributed by atoms with Gasteiger partial charge in [-0.05, 0) is 31.5 Å². The molecule has 0 aliphatic carbocycles. The van der Waals surface area contributed by atoms with Crippen LogP contribution < -0.4 is 0 Å². The Bertz CT molecular complexity index is 617. The average Bonchev–Trinajstić information content (AvgIpc) is 2.97. The van der Waals surface area contributed by atoms with Crippen molar-refractivity contribution in [2.45, 2.75) is 19.4 Å². The minimum absolute atomic E-state index is 0. The van der Waals surface area contributed by atoms with E-state index in [1.807, 2.05) is 36.5 Å². The van der Waals surface area contributed by atoms with Crippen molar-refractivity contribution in [1.82, 2.24) is 19.9 Å². The number of carboxylic acids is 1. The first kappa shape index (κ1) is 16.5.